The number of carbonyl (C=O) groups excluding carboxylic acids is 2. The molecule has 0 bridgehead atoms. The highest BCUT2D eigenvalue weighted by molar-refractivity contribution is 7.98. The van der Waals surface area contributed by atoms with E-state index in [2.05, 4.69) is 10.6 Å². The van der Waals surface area contributed by atoms with Crippen molar-refractivity contribution in [3.63, 3.8) is 0 Å². The predicted molar refractivity (Wildman–Crippen MR) is 116 cm³/mol. The van der Waals surface area contributed by atoms with E-state index in [4.69, 9.17) is 11.5 Å². The summed E-state index contributed by atoms with van der Waals surface area (Å²) in [6.07, 6.45) is 4.36. The van der Waals surface area contributed by atoms with Gasteiger partial charge in [-0.2, -0.15) is 11.8 Å². The van der Waals surface area contributed by atoms with E-state index in [-0.39, 0.29) is 6.42 Å². The molecule has 7 N–H and O–H groups in total. The third-order valence-electron chi connectivity index (χ3n) is 4.45. The molecule has 9 heteroatoms. The van der Waals surface area contributed by atoms with E-state index in [9.17, 15) is 19.5 Å². The lowest BCUT2D eigenvalue weighted by atomic mass is 10.0. The molecule has 0 heterocycles. The number of hydrogen-bond acceptors (Lipinski definition) is 6. The first kappa shape index (κ1) is 24.9. The molecule has 3 unspecified atom stereocenters. The third kappa shape index (κ3) is 9.78. The van der Waals surface area contributed by atoms with Crippen LogP contribution in [0.2, 0.25) is 0 Å². The van der Waals surface area contributed by atoms with Crippen LogP contribution >= 0.6 is 11.8 Å². The Balaban J connectivity index is 2.84. The molecule has 0 radical (unpaired) electrons. The number of unbranched alkanes of at least 4 members (excludes halogenated alkanes) is 1. The van der Waals surface area contributed by atoms with Crippen molar-refractivity contribution < 1.29 is 19.5 Å². The number of aliphatic carboxylic acids is 1. The lowest BCUT2D eigenvalue weighted by Gasteiger charge is -2.23. The third-order valence-corrected chi connectivity index (χ3v) is 5.09. The minimum atomic E-state index is -1.10. The predicted octanol–water partition coefficient (Wildman–Crippen LogP) is 0.493. The van der Waals surface area contributed by atoms with Crippen LogP contribution in [0.3, 0.4) is 0 Å². The minimum Gasteiger partial charge on any atom is -0.480 e. The largest absolute Gasteiger partial charge is 0.480 e. The van der Waals surface area contributed by atoms with Crippen LogP contribution in [0.15, 0.2) is 30.3 Å². The number of carboxylic acid groups (broad SMARTS) is 1. The van der Waals surface area contributed by atoms with E-state index in [1.165, 1.54) is 11.8 Å². The Hall–Kier alpha value is -2.10. The average Bonchev–Trinajstić information content (AvgIpc) is 2.70. The van der Waals surface area contributed by atoms with Crippen LogP contribution in [0, 0.1) is 0 Å². The maximum Gasteiger partial charge on any atom is 0.326 e. The van der Waals surface area contributed by atoms with Gasteiger partial charge in [-0.1, -0.05) is 36.8 Å². The lowest BCUT2D eigenvalue weighted by Crippen LogP contribution is -2.55. The Bertz CT molecular complexity index is 645. The molecular weight excluding hydrogens is 392 g/mol. The van der Waals surface area contributed by atoms with Crippen LogP contribution in [-0.2, 0) is 20.8 Å². The highest BCUT2D eigenvalue weighted by Gasteiger charge is 2.27. The second kappa shape index (κ2) is 14.0. The number of hydrogen-bond donors (Lipinski definition) is 5. The molecule has 0 saturated heterocycles. The lowest BCUT2D eigenvalue weighted by molar-refractivity contribution is -0.142. The normalized spacial score (nSPS) is 13.9. The molecule has 2 amide bonds. The number of nitrogens with one attached hydrogen (secondary N) is 2. The monoisotopic (exact) mass is 424 g/mol. The van der Waals surface area contributed by atoms with E-state index < -0.39 is 35.9 Å². The number of carbonyl (C=O) groups is 3. The van der Waals surface area contributed by atoms with Crippen LogP contribution in [0.25, 0.3) is 0 Å². The number of amides is 2. The average molecular weight is 425 g/mol. The summed E-state index contributed by atoms with van der Waals surface area (Å²) in [5.74, 6) is -1.48. The van der Waals surface area contributed by atoms with Gasteiger partial charge in [0.25, 0.3) is 0 Å². The summed E-state index contributed by atoms with van der Waals surface area (Å²) in [5, 5.41) is 14.6. The molecule has 162 valence electrons. The topological polar surface area (TPSA) is 148 Å². The summed E-state index contributed by atoms with van der Waals surface area (Å²) in [7, 11) is 0. The molecule has 1 rings (SSSR count). The van der Waals surface area contributed by atoms with Crippen molar-refractivity contribution in [3.8, 4) is 0 Å². The van der Waals surface area contributed by atoms with E-state index in [1.807, 2.05) is 36.6 Å². The fraction of sp³-hybridized carbons (Fsp3) is 0.550. The van der Waals surface area contributed by atoms with E-state index in [0.717, 1.165) is 18.4 Å². The molecule has 3 atom stereocenters. The zero-order chi connectivity index (χ0) is 21.6. The van der Waals surface area contributed by atoms with E-state index in [0.29, 0.717) is 25.1 Å². The van der Waals surface area contributed by atoms with Crippen LogP contribution in [-0.4, -0.2) is 59.6 Å². The molecule has 1 aromatic rings. The SMILES string of the molecule is CSCCC(NC(=O)C(Cc1ccccc1)NC(=O)C(N)CCCCN)C(=O)O. The van der Waals surface area contributed by atoms with Gasteiger partial charge in [0.15, 0.2) is 0 Å². The van der Waals surface area contributed by atoms with Crippen LogP contribution in [0.5, 0.6) is 0 Å². The summed E-state index contributed by atoms with van der Waals surface area (Å²) in [4.78, 5) is 36.7. The molecule has 0 aromatic heterocycles. The molecule has 0 fully saturated rings. The summed E-state index contributed by atoms with van der Waals surface area (Å²) in [6.45, 7) is 0.528. The molecule has 0 saturated carbocycles. The molecule has 8 nitrogen and oxygen atoms in total. The standard InChI is InChI=1S/C20H32N4O4S/c1-29-12-10-16(20(27)28)23-19(26)17(13-14-7-3-2-4-8-14)24-18(25)15(22)9-5-6-11-21/h2-4,7-8,15-17H,5-6,9-13,21-22H2,1H3,(H,23,26)(H,24,25)(H,27,28). The number of benzene rings is 1. The Morgan fingerprint density at radius 1 is 1.03 bits per heavy atom. The number of thioether (sulfide) groups is 1. The molecule has 29 heavy (non-hydrogen) atoms. The smallest absolute Gasteiger partial charge is 0.326 e. The van der Waals surface area contributed by atoms with Crippen LogP contribution < -0.4 is 22.1 Å². The summed E-state index contributed by atoms with van der Waals surface area (Å²) < 4.78 is 0. The van der Waals surface area contributed by atoms with E-state index >= 15 is 0 Å². The quantitative estimate of drug-likeness (QED) is 0.273. The van der Waals surface area contributed by atoms with Crippen molar-refractivity contribution in [2.24, 2.45) is 11.5 Å². The zero-order valence-electron chi connectivity index (χ0n) is 16.8. The van der Waals surface area contributed by atoms with Gasteiger partial charge in [0.2, 0.25) is 11.8 Å². The number of nitrogens with two attached hydrogens (primary N) is 2. The molecular formula is C20H32N4O4S. The Morgan fingerprint density at radius 3 is 2.28 bits per heavy atom. The first-order valence-corrected chi connectivity index (χ1v) is 11.1. The second-order valence-electron chi connectivity index (χ2n) is 6.82. The van der Waals surface area contributed by atoms with Gasteiger partial charge in [-0.3, -0.25) is 9.59 Å². The van der Waals surface area contributed by atoms with E-state index in [1.54, 1.807) is 0 Å². The highest BCUT2D eigenvalue weighted by atomic mass is 32.2. The first-order chi connectivity index (χ1) is 13.9. The van der Waals surface area contributed by atoms with Gasteiger partial charge in [0, 0.05) is 6.42 Å². The highest BCUT2D eigenvalue weighted by Crippen LogP contribution is 2.07. The van der Waals surface area contributed by atoms with Crippen molar-refractivity contribution in [1.82, 2.24) is 10.6 Å². The Morgan fingerprint density at radius 2 is 1.69 bits per heavy atom. The van der Waals surface area contributed by atoms with Crippen LogP contribution in [0.1, 0.15) is 31.2 Å². The van der Waals surface area contributed by atoms with Gasteiger partial charge in [-0.15, -0.1) is 0 Å². The van der Waals surface area contributed by atoms with Gasteiger partial charge in [-0.05, 0) is 43.4 Å². The molecule has 0 aliphatic heterocycles. The van der Waals surface area contributed by atoms with Crippen molar-refractivity contribution in [3.05, 3.63) is 35.9 Å². The van der Waals surface area contributed by atoms with Crippen LogP contribution in [0.4, 0.5) is 0 Å². The fourth-order valence-corrected chi connectivity index (χ4v) is 3.21. The molecule has 0 aliphatic rings. The first-order valence-electron chi connectivity index (χ1n) is 9.71. The summed E-state index contributed by atoms with van der Waals surface area (Å²) >= 11 is 1.50. The maximum absolute atomic E-state index is 12.8. The molecule has 0 aliphatic carbocycles. The Kier molecular flexibility index (Phi) is 12.0. The number of carboxylic acids is 1. The molecule has 1 aromatic carbocycles. The summed E-state index contributed by atoms with van der Waals surface area (Å²) in [6, 6.07) is 6.54. The minimum absolute atomic E-state index is 0.239. The second-order valence-corrected chi connectivity index (χ2v) is 7.81. The van der Waals surface area contributed by atoms with Gasteiger partial charge in [0.05, 0.1) is 6.04 Å². The van der Waals surface area contributed by atoms with Gasteiger partial charge in [-0.25, -0.2) is 4.79 Å². The number of rotatable bonds is 14. The zero-order valence-corrected chi connectivity index (χ0v) is 17.6. The molecule has 0 spiro atoms. The van der Waals surface area contributed by atoms with Gasteiger partial charge < -0.3 is 27.2 Å². The van der Waals surface area contributed by atoms with Crippen molar-refractivity contribution in [1.29, 1.82) is 0 Å². The van der Waals surface area contributed by atoms with Gasteiger partial charge in [0.1, 0.15) is 12.1 Å². The summed E-state index contributed by atoms with van der Waals surface area (Å²) in [5.41, 5.74) is 12.2. The van der Waals surface area contributed by atoms with Crippen molar-refractivity contribution in [2.45, 2.75) is 50.2 Å². The van der Waals surface area contributed by atoms with Gasteiger partial charge >= 0.3 is 5.97 Å². The van der Waals surface area contributed by atoms with Crippen molar-refractivity contribution in [2.75, 3.05) is 18.6 Å². The van der Waals surface area contributed by atoms with Crippen molar-refractivity contribution >= 4 is 29.5 Å². The Labute approximate surface area is 176 Å². The fourth-order valence-electron chi connectivity index (χ4n) is 2.74. The maximum atomic E-state index is 12.8.